The minimum atomic E-state index is -0.105. The van der Waals surface area contributed by atoms with Crippen LogP contribution < -0.4 is 4.90 Å². The van der Waals surface area contributed by atoms with E-state index in [1.165, 1.54) is 33.6 Å². The molecular weight excluding hydrogens is 500 g/mol. The molecule has 0 bridgehead atoms. The molecule has 1 aliphatic rings. The maximum Gasteiger partial charge on any atom is 0.0503 e. The normalized spacial score (nSPS) is 14.2. The third-order valence-electron chi connectivity index (χ3n) is 5.88. The molecule has 0 fully saturated rings. The number of hydrogen-bond donors (Lipinski definition) is 0. The zero-order chi connectivity index (χ0) is 20.9. The van der Waals surface area contributed by atoms with Crippen molar-refractivity contribution < 1.29 is 0 Å². The van der Waals surface area contributed by atoms with Crippen molar-refractivity contribution in [1.29, 1.82) is 0 Å². The summed E-state index contributed by atoms with van der Waals surface area (Å²) >= 11 is 7.35. The smallest absolute Gasteiger partial charge is 0.0503 e. The molecule has 148 valence electrons. The van der Waals surface area contributed by atoms with Crippen LogP contribution in [0.5, 0.6) is 0 Å². The van der Waals surface area contributed by atoms with Gasteiger partial charge in [-0.25, -0.2) is 0 Å². The van der Waals surface area contributed by atoms with Crippen LogP contribution in [0.4, 0.5) is 17.1 Å². The molecule has 4 aromatic rings. The van der Waals surface area contributed by atoms with Crippen LogP contribution in [0, 0.1) is 0 Å². The van der Waals surface area contributed by atoms with Gasteiger partial charge in [-0.2, -0.15) is 0 Å². The number of aromatic nitrogens is 1. The summed E-state index contributed by atoms with van der Waals surface area (Å²) in [5.74, 6) is 0. The lowest BCUT2D eigenvalue weighted by Gasteiger charge is -2.42. The molecule has 1 aromatic heterocycles. The summed E-state index contributed by atoms with van der Waals surface area (Å²) in [6.45, 7) is 4.60. The number of hydrogen-bond acceptors (Lipinski definition) is 2. The SMILES string of the molecule is CC1(C)c2cc(Br)ccc2N(c2ccc(-c3ccncc3)cc2)c2ccc(Br)cc21. The first-order chi connectivity index (χ1) is 14.4. The van der Waals surface area contributed by atoms with Crippen molar-refractivity contribution in [3.05, 3.63) is 105 Å². The summed E-state index contributed by atoms with van der Waals surface area (Å²) in [6, 6.07) is 26.0. The van der Waals surface area contributed by atoms with Gasteiger partial charge in [0, 0.05) is 32.4 Å². The minimum absolute atomic E-state index is 0.105. The van der Waals surface area contributed by atoms with Crippen LogP contribution in [-0.4, -0.2) is 4.98 Å². The Bertz CT molecular complexity index is 1180. The Hall–Kier alpha value is -2.43. The fourth-order valence-corrected chi connectivity index (χ4v) is 5.03. The van der Waals surface area contributed by atoms with E-state index in [-0.39, 0.29) is 5.41 Å². The van der Waals surface area contributed by atoms with E-state index in [0.717, 1.165) is 14.6 Å². The van der Waals surface area contributed by atoms with Crippen LogP contribution in [0.2, 0.25) is 0 Å². The van der Waals surface area contributed by atoms with Gasteiger partial charge in [-0.3, -0.25) is 4.98 Å². The van der Waals surface area contributed by atoms with Crippen LogP contribution in [0.1, 0.15) is 25.0 Å². The molecule has 0 N–H and O–H groups in total. The number of nitrogens with zero attached hydrogens (tertiary/aromatic N) is 2. The van der Waals surface area contributed by atoms with Crippen molar-refractivity contribution in [3.8, 4) is 11.1 Å². The first kappa shape index (κ1) is 19.5. The van der Waals surface area contributed by atoms with Gasteiger partial charge in [0.2, 0.25) is 0 Å². The standard InChI is InChI=1S/C26H20Br2N2/c1-26(2)22-15-19(27)5-9-24(22)30(25-10-6-20(28)16-23(25)26)21-7-3-17(4-8-21)18-11-13-29-14-12-18/h3-16H,1-2H3. The number of benzene rings is 3. The van der Waals surface area contributed by atoms with Gasteiger partial charge < -0.3 is 4.90 Å². The lowest BCUT2D eigenvalue weighted by molar-refractivity contribution is 0.631. The van der Waals surface area contributed by atoms with Crippen molar-refractivity contribution >= 4 is 48.9 Å². The van der Waals surface area contributed by atoms with Crippen molar-refractivity contribution in [3.63, 3.8) is 0 Å². The van der Waals surface area contributed by atoms with Crippen LogP contribution in [0.25, 0.3) is 11.1 Å². The Morgan fingerprint density at radius 1 is 0.667 bits per heavy atom. The summed E-state index contributed by atoms with van der Waals surface area (Å²) in [7, 11) is 0. The predicted octanol–water partition coefficient (Wildman–Crippen LogP) is 8.38. The second-order valence-corrected chi connectivity index (χ2v) is 9.90. The minimum Gasteiger partial charge on any atom is -0.310 e. The predicted molar refractivity (Wildman–Crippen MR) is 132 cm³/mol. The third-order valence-corrected chi connectivity index (χ3v) is 6.87. The highest BCUT2D eigenvalue weighted by Gasteiger charge is 2.37. The van der Waals surface area contributed by atoms with E-state index in [4.69, 9.17) is 0 Å². The second-order valence-electron chi connectivity index (χ2n) is 8.07. The molecule has 0 aliphatic carbocycles. The Morgan fingerprint density at radius 2 is 1.17 bits per heavy atom. The molecule has 0 atom stereocenters. The van der Waals surface area contributed by atoms with Gasteiger partial charge in [-0.15, -0.1) is 0 Å². The highest BCUT2D eigenvalue weighted by Crippen LogP contribution is 2.52. The molecule has 5 rings (SSSR count). The molecule has 0 spiro atoms. The number of rotatable bonds is 2. The maximum atomic E-state index is 4.12. The molecule has 2 nitrogen and oxygen atoms in total. The number of halogens is 2. The van der Waals surface area contributed by atoms with Crippen molar-refractivity contribution in [2.24, 2.45) is 0 Å². The molecule has 0 unspecified atom stereocenters. The van der Waals surface area contributed by atoms with Crippen LogP contribution in [0.15, 0.2) is 94.1 Å². The number of fused-ring (bicyclic) bond motifs is 2. The first-order valence-corrected chi connectivity index (χ1v) is 11.4. The fraction of sp³-hybridized carbons (Fsp3) is 0.115. The van der Waals surface area contributed by atoms with E-state index >= 15 is 0 Å². The van der Waals surface area contributed by atoms with Gasteiger partial charge in [0.05, 0.1) is 11.4 Å². The summed E-state index contributed by atoms with van der Waals surface area (Å²) in [6.07, 6.45) is 3.66. The number of anilines is 3. The first-order valence-electron chi connectivity index (χ1n) is 9.86. The second kappa shape index (κ2) is 7.36. The van der Waals surface area contributed by atoms with Gasteiger partial charge in [0.25, 0.3) is 0 Å². The van der Waals surface area contributed by atoms with Crippen LogP contribution in [-0.2, 0) is 5.41 Å². The van der Waals surface area contributed by atoms with Crippen LogP contribution >= 0.6 is 31.9 Å². The molecule has 0 radical (unpaired) electrons. The van der Waals surface area contributed by atoms with E-state index in [9.17, 15) is 0 Å². The van der Waals surface area contributed by atoms with E-state index in [1.807, 2.05) is 24.5 Å². The Morgan fingerprint density at radius 3 is 1.70 bits per heavy atom. The maximum absolute atomic E-state index is 4.12. The fourth-order valence-electron chi connectivity index (χ4n) is 4.31. The van der Waals surface area contributed by atoms with Crippen molar-refractivity contribution in [2.75, 3.05) is 4.90 Å². The van der Waals surface area contributed by atoms with Gasteiger partial charge in [0.15, 0.2) is 0 Å². The zero-order valence-electron chi connectivity index (χ0n) is 16.7. The molecule has 3 aromatic carbocycles. The molecule has 0 amide bonds. The monoisotopic (exact) mass is 518 g/mol. The highest BCUT2D eigenvalue weighted by atomic mass is 79.9. The van der Waals surface area contributed by atoms with E-state index in [2.05, 4.69) is 116 Å². The third kappa shape index (κ3) is 3.19. The van der Waals surface area contributed by atoms with Gasteiger partial charge >= 0.3 is 0 Å². The van der Waals surface area contributed by atoms with E-state index in [0.29, 0.717) is 0 Å². The quantitative estimate of drug-likeness (QED) is 0.264. The van der Waals surface area contributed by atoms with E-state index < -0.39 is 0 Å². The average Bonchev–Trinajstić information content (AvgIpc) is 2.76. The van der Waals surface area contributed by atoms with Crippen molar-refractivity contribution in [2.45, 2.75) is 19.3 Å². The largest absolute Gasteiger partial charge is 0.310 e. The highest BCUT2D eigenvalue weighted by molar-refractivity contribution is 9.10. The Labute approximate surface area is 193 Å². The summed E-state index contributed by atoms with van der Waals surface area (Å²) in [5, 5.41) is 0. The van der Waals surface area contributed by atoms with Gasteiger partial charge in [-0.1, -0.05) is 57.8 Å². The lowest BCUT2D eigenvalue weighted by Crippen LogP contribution is -2.30. The lowest BCUT2D eigenvalue weighted by atomic mass is 9.73. The molecule has 2 heterocycles. The summed E-state index contributed by atoms with van der Waals surface area (Å²) in [4.78, 5) is 6.49. The Kier molecular flexibility index (Phi) is 4.79. The van der Waals surface area contributed by atoms with Crippen molar-refractivity contribution in [1.82, 2.24) is 4.98 Å². The molecule has 1 aliphatic heterocycles. The molecular formula is C26H20Br2N2. The molecule has 4 heteroatoms. The Balaban J connectivity index is 1.69. The van der Waals surface area contributed by atoms with Gasteiger partial charge in [-0.05, 0) is 82.9 Å². The molecule has 30 heavy (non-hydrogen) atoms. The average molecular weight is 520 g/mol. The van der Waals surface area contributed by atoms with E-state index in [1.54, 1.807) is 0 Å². The zero-order valence-corrected chi connectivity index (χ0v) is 19.9. The molecule has 0 saturated heterocycles. The summed E-state index contributed by atoms with van der Waals surface area (Å²) in [5.41, 5.74) is 8.45. The molecule has 0 saturated carbocycles. The van der Waals surface area contributed by atoms with Crippen LogP contribution in [0.3, 0.4) is 0 Å². The topological polar surface area (TPSA) is 16.1 Å². The summed E-state index contributed by atoms with van der Waals surface area (Å²) < 4.78 is 2.20. The van der Waals surface area contributed by atoms with Gasteiger partial charge in [0.1, 0.15) is 0 Å². The number of pyridine rings is 1.